The minimum atomic E-state index is -0.0923. The molecule has 6 nitrogen and oxygen atoms in total. The van der Waals surface area contributed by atoms with Gasteiger partial charge in [0.15, 0.2) is 0 Å². The number of amides is 2. The molecule has 0 radical (unpaired) electrons. The molecular formula is C19H31N3O3. The van der Waals surface area contributed by atoms with Crippen LogP contribution >= 0.6 is 0 Å². The lowest BCUT2D eigenvalue weighted by atomic mass is 10.1. The minimum absolute atomic E-state index is 0.0151. The smallest absolute Gasteiger partial charge is 0.220 e. The predicted molar refractivity (Wildman–Crippen MR) is 97.0 cm³/mol. The highest BCUT2D eigenvalue weighted by Gasteiger charge is 2.22. The van der Waals surface area contributed by atoms with Gasteiger partial charge in [-0.05, 0) is 38.1 Å². The second kappa shape index (κ2) is 10.2. The van der Waals surface area contributed by atoms with Crippen molar-refractivity contribution in [2.24, 2.45) is 0 Å². The third-order valence-electron chi connectivity index (χ3n) is 4.92. The van der Waals surface area contributed by atoms with Gasteiger partial charge in [-0.1, -0.05) is 26.7 Å². The standard InChI is InChI=1S/C19H31N3O3/c1-3-22(4-2)16(17-10-7-13-25-17)14-20-18(23)11-12-19(24)21-15-8-5-6-9-15/h7,10,13,15-16H,3-6,8-9,11-12,14H2,1-2H3,(H,20,23)(H,21,24). The summed E-state index contributed by atoms with van der Waals surface area (Å²) in [5.41, 5.74) is 0. The first-order valence-electron chi connectivity index (χ1n) is 9.47. The summed E-state index contributed by atoms with van der Waals surface area (Å²) in [5, 5.41) is 5.96. The van der Waals surface area contributed by atoms with Gasteiger partial charge < -0.3 is 15.1 Å². The molecule has 1 fully saturated rings. The molecule has 25 heavy (non-hydrogen) atoms. The number of nitrogens with one attached hydrogen (secondary N) is 2. The van der Waals surface area contributed by atoms with Crippen LogP contribution < -0.4 is 10.6 Å². The van der Waals surface area contributed by atoms with Crippen LogP contribution in [-0.2, 0) is 9.59 Å². The second-order valence-corrected chi connectivity index (χ2v) is 6.61. The lowest BCUT2D eigenvalue weighted by molar-refractivity contribution is -0.127. The van der Waals surface area contributed by atoms with Crippen molar-refractivity contribution < 1.29 is 14.0 Å². The van der Waals surface area contributed by atoms with E-state index in [1.54, 1.807) is 6.26 Å². The van der Waals surface area contributed by atoms with E-state index >= 15 is 0 Å². The normalized spacial score (nSPS) is 16.1. The van der Waals surface area contributed by atoms with Gasteiger partial charge in [0.05, 0.1) is 12.3 Å². The molecule has 1 aromatic rings. The molecule has 0 spiro atoms. The van der Waals surface area contributed by atoms with E-state index in [-0.39, 0.29) is 30.7 Å². The van der Waals surface area contributed by atoms with Crippen LogP contribution in [0.15, 0.2) is 22.8 Å². The molecule has 0 aromatic carbocycles. The van der Waals surface area contributed by atoms with Crippen molar-refractivity contribution in [2.45, 2.75) is 64.5 Å². The fraction of sp³-hybridized carbons (Fsp3) is 0.684. The van der Waals surface area contributed by atoms with Gasteiger partial charge >= 0.3 is 0 Å². The molecule has 0 bridgehead atoms. The van der Waals surface area contributed by atoms with Crippen molar-refractivity contribution in [3.63, 3.8) is 0 Å². The third kappa shape index (κ3) is 6.20. The number of hydrogen-bond donors (Lipinski definition) is 2. The molecule has 1 unspecified atom stereocenters. The second-order valence-electron chi connectivity index (χ2n) is 6.61. The average Bonchev–Trinajstić information content (AvgIpc) is 3.30. The number of hydrogen-bond acceptors (Lipinski definition) is 4. The quantitative estimate of drug-likeness (QED) is 0.681. The summed E-state index contributed by atoms with van der Waals surface area (Å²) in [7, 11) is 0. The first-order chi connectivity index (χ1) is 12.1. The van der Waals surface area contributed by atoms with Crippen LogP contribution in [0.4, 0.5) is 0 Å². The van der Waals surface area contributed by atoms with Gasteiger partial charge in [0.1, 0.15) is 5.76 Å². The minimum Gasteiger partial charge on any atom is -0.468 e. The zero-order chi connectivity index (χ0) is 18.1. The highest BCUT2D eigenvalue weighted by molar-refractivity contribution is 5.83. The van der Waals surface area contributed by atoms with Crippen molar-refractivity contribution in [2.75, 3.05) is 19.6 Å². The number of furan rings is 1. The van der Waals surface area contributed by atoms with Crippen LogP contribution in [-0.4, -0.2) is 42.4 Å². The van der Waals surface area contributed by atoms with E-state index in [0.717, 1.165) is 31.7 Å². The number of likely N-dealkylation sites (N-methyl/N-ethyl adjacent to an activating group) is 1. The van der Waals surface area contributed by atoms with Crippen molar-refractivity contribution in [3.8, 4) is 0 Å². The monoisotopic (exact) mass is 349 g/mol. The van der Waals surface area contributed by atoms with Crippen molar-refractivity contribution in [1.82, 2.24) is 15.5 Å². The Hall–Kier alpha value is -1.82. The number of nitrogens with zero attached hydrogens (tertiary/aromatic N) is 1. The maximum absolute atomic E-state index is 12.1. The summed E-state index contributed by atoms with van der Waals surface area (Å²) in [6.07, 6.45) is 6.62. The number of carbonyl (C=O) groups excluding carboxylic acids is 2. The molecule has 140 valence electrons. The highest BCUT2D eigenvalue weighted by Crippen LogP contribution is 2.20. The molecule has 2 N–H and O–H groups in total. The summed E-state index contributed by atoms with van der Waals surface area (Å²) in [6, 6.07) is 4.12. The van der Waals surface area contributed by atoms with E-state index in [1.165, 1.54) is 12.8 Å². The maximum atomic E-state index is 12.1. The Labute approximate surface area is 150 Å². The fourth-order valence-electron chi connectivity index (χ4n) is 3.45. The molecule has 1 saturated carbocycles. The van der Waals surface area contributed by atoms with Crippen molar-refractivity contribution >= 4 is 11.8 Å². The van der Waals surface area contributed by atoms with Gasteiger partial charge in [0.2, 0.25) is 11.8 Å². The van der Waals surface area contributed by atoms with Crippen molar-refractivity contribution in [3.05, 3.63) is 24.2 Å². The topological polar surface area (TPSA) is 74.6 Å². The largest absolute Gasteiger partial charge is 0.468 e. The Morgan fingerprint density at radius 3 is 2.48 bits per heavy atom. The van der Waals surface area contributed by atoms with Gasteiger partial charge in [-0.2, -0.15) is 0 Å². The summed E-state index contributed by atoms with van der Waals surface area (Å²) < 4.78 is 5.53. The van der Waals surface area contributed by atoms with Crippen LogP contribution in [0.3, 0.4) is 0 Å². The molecule has 2 rings (SSSR count). The van der Waals surface area contributed by atoms with Crippen molar-refractivity contribution in [1.29, 1.82) is 0 Å². The highest BCUT2D eigenvalue weighted by atomic mass is 16.3. The molecule has 0 aliphatic heterocycles. The zero-order valence-electron chi connectivity index (χ0n) is 15.4. The summed E-state index contributed by atoms with van der Waals surface area (Å²) in [4.78, 5) is 26.3. The van der Waals surface area contributed by atoms with Gasteiger partial charge in [0.25, 0.3) is 0 Å². The van der Waals surface area contributed by atoms with Crippen LogP contribution in [0.5, 0.6) is 0 Å². The van der Waals surface area contributed by atoms with E-state index < -0.39 is 0 Å². The number of rotatable bonds is 10. The molecule has 1 atom stereocenters. The Balaban J connectivity index is 1.75. The lowest BCUT2D eigenvalue weighted by Gasteiger charge is -2.28. The van der Waals surface area contributed by atoms with E-state index in [1.807, 2.05) is 12.1 Å². The Bertz CT molecular complexity index is 520. The molecule has 1 aliphatic rings. The average molecular weight is 349 g/mol. The van der Waals surface area contributed by atoms with E-state index in [9.17, 15) is 9.59 Å². The SMILES string of the molecule is CCN(CC)C(CNC(=O)CCC(=O)NC1CCCC1)c1ccco1. The molecule has 6 heteroatoms. The van der Waals surface area contributed by atoms with E-state index in [2.05, 4.69) is 29.4 Å². The predicted octanol–water partition coefficient (Wildman–Crippen LogP) is 2.62. The summed E-state index contributed by atoms with van der Waals surface area (Å²) in [5.74, 6) is 0.738. The maximum Gasteiger partial charge on any atom is 0.220 e. The Kier molecular flexibility index (Phi) is 7.98. The van der Waals surface area contributed by atoms with Gasteiger partial charge in [-0.25, -0.2) is 0 Å². The van der Waals surface area contributed by atoms with Crippen LogP contribution in [0.25, 0.3) is 0 Å². The molecule has 1 aromatic heterocycles. The Morgan fingerprint density at radius 2 is 1.88 bits per heavy atom. The summed E-state index contributed by atoms with van der Waals surface area (Å²) in [6.45, 7) is 6.42. The van der Waals surface area contributed by atoms with E-state index in [0.29, 0.717) is 12.6 Å². The lowest BCUT2D eigenvalue weighted by Crippen LogP contribution is -2.38. The van der Waals surface area contributed by atoms with Crippen LogP contribution in [0.2, 0.25) is 0 Å². The molecule has 2 amide bonds. The van der Waals surface area contributed by atoms with E-state index in [4.69, 9.17) is 4.42 Å². The van der Waals surface area contributed by atoms with Crippen LogP contribution in [0.1, 0.15) is 64.2 Å². The van der Waals surface area contributed by atoms with Gasteiger partial charge in [-0.3, -0.25) is 14.5 Å². The summed E-state index contributed by atoms with van der Waals surface area (Å²) >= 11 is 0. The number of carbonyl (C=O) groups is 2. The first kappa shape index (κ1) is 19.5. The first-order valence-corrected chi connectivity index (χ1v) is 9.47. The zero-order valence-corrected chi connectivity index (χ0v) is 15.4. The third-order valence-corrected chi connectivity index (χ3v) is 4.92. The van der Waals surface area contributed by atoms with Gasteiger partial charge in [0, 0.05) is 25.4 Å². The van der Waals surface area contributed by atoms with Crippen LogP contribution in [0, 0.1) is 0 Å². The fourth-order valence-corrected chi connectivity index (χ4v) is 3.45. The molecular weight excluding hydrogens is 318 g/mol. The molecule has 1 aliphatic carbocycles. The Morgan fingerprint density at radius 1 is 1.20 bits per heavy atom. The molecule has 1 heterocycles. The van der Waals surface area contributed by atoms with Gasteiger partial charge in [-0.15, -0.1) is 0 Å². The molecule has 0 saturated heterocycles.